The van der Waals surface area contributed by atoms with Crippen LogP contribution in [0.25, 0.3) is 0 Å². The molecule has 0 heterocycles. The predicted octanol–water partition coefficient (Wildman–Crippen LogP) is 2.41. The molecule has 53 valence electrons. The normalized spacial score (nSPS) is 7.60. The van der Waals surface area contributed by atoms with Gasteiger partial charge in [0.05, 0.1) is 0 Å². The Morgan fingerprint density at radius 2 is 2.00 bits per heavy atom. The summed E-state index contributed by atoms with van der Waals surface area (Å²) in [4.78, 5) is 0. The van der Waals surface area contributed by atoms with Gasteiger partial charge in [-0.3, -0.25) is 0 Å². The minimum absolute atomic E-state index is 0.935. The van der Waals surface area contributed by atoms with Crippen LogP contribution in [0.15, 0.2) is 0 Å². The molecule has 0 aliphatic rings. The first-order valence-electron chi connectivity index (χ1n) is 3.64. The first-order chi connectivity index (χ1) is 4.91. The molecule has 0 aromatic heterocycles. The molecule has 0 rings (SSSR count). The van der Waals surface area contributed by atoms with Crippen LogP contribution in [-0.4, -0.2) is 0 Å². The van der Waals surface area contributed by atoms with Crippen molar-refractivity contribution in [2.75, 3.05) is 0 Å². The molecule has 10 heavy (non-hydrogen) atoms. The number of unbranched alkanes of at least 4 members (excludes halogenated alkanes) is 4. The summed E-state index contributed by atoms with van der Waals surface area (Å²) < 4.78 is 0. The fourth-order valence-electron chi connectivity index (χ4n) is 0.680. The summed E-state index contributed by atoms with van der Waals surface area (Å²) in [6, 6.07) is 0. The van der Waals surface area contributed by atoms with Crippen molar-refractivity contribution in [3.63, 3.8) is 0 Å². The Morgan fingerprint density at radius 1 is 1.20 bits per heavy atom. The molecule has 0 aliphatic carbocycles. The van der Waals surface area contributed by atoms with E-state index in [1.807, 2.05) is 0 Å². The zero-order chi connectivity index (χ0) is 7.66. The molecule has 0 nitrogen and oxygen atoms in total. The Balaban J connectivity index is 2.99. The molecule has 0 heteroatoms. The molecule has 0 aromatic carbocycles. The van der Waals surface area contributed by atoms with Crippen LogP contribution < -0.4 is 0 Å². The third-order valence-corrected chi connectivity index (χ3v) is 1.21. The van der Waals surface area contributed by atoms with Crippen molar-refractivity contribution in [3.05, 3.63) is 6.92 Å². The van der Waals surface area contributed by atoms with Crippen LogP contribution >= 0.6 is 0 Å². The summed E-state index contributed by atoms with van der Waals surface area (Å²) in [7, 11) is 0. The smallest absolute Gasteiger partial charge is 0.00989 e. The average Bonchev–Trinajstić information content (AvgIpc) is 1.97. The Hall–Kier alpha value is -0.880. The summed E-state index contributed by atoms with van der Waals surface area (Å²) in [6.45, 7) is 3.75. The topological polar surface area (TPSA) is 0 Å². The van der Waals surface area contributed by atoms with Gasteiger partial charge in [0.1, 0.15) is 0 Å². The molecular formula is C10H13. The highest BCUT2D eigenvalue weighted by molar-refractivity contribution is 5.21. The van der Waals surface area contributed by atoms with E-state index >= 15 is 0 Å². The average molecular weight is 133 g/mol. The molecule has 0 saturated carbocycles. The molecule has 0 spiro atoms. The number of rotatable bonds is 4. The van der Waals surface area contributed by atoms with Crippen molar-refractivity contribution >= 4 is 0 Å². The van der Waals surface area contributed by atoms with Gasteiger partial charge in [-0.2, -0.15) is 0 Å². The maximum atomic E-state index is 4.94. The lowest BCUT2D eigenvalue weighted by Gasteiger charge is -1.90. The summed E-state index contributed by atoms with van der Waals surface area (Å²) in [5, 5.41) is 0. The van der Waals surface area contributed by atoms with Crippen LogP contribution in [0.2, 0.25) is 0 Å². The first kappa shape index (κ1) is 9.12. The van der Waals surface area contributed by atoms with Gasteiger partial charge in [-0.25, -0.2) is 0 Å². The van der Waals surface area contributed by atoms with Crippen LogP contribution in [-0.2, 0) is 0 Å². The van der Waals surface area contributed by atoms with Gasteiger partial charge in [0.25, 0.3) is 0 Å². The Bertz CT molecular complexity index is 149. The van der Waals surface area contributed by atoms with Crippen molar-refractivity contribution in [1.29, 1.82) is 0 Å². The lowest BCUT2D eigenvalue weighted by molar-refractivity contribution is 0.701. The molecule has 0 fully saturated rings. The van der Waals surface area contributed by atoms with Gasteiger partial charge in [0.2, 0.25) is 0 Å². The van der Waals surface area contributed by atoms with Gasteiger partial charge in [-0.05, 0) is 18.3 Å². The van der Waals surface area contributed by atoms with Gasteiger partial charge in [0, 0.05) is 6.42 Å². The van der Waals surface area contributed by atoms with Crippen LogP contribution in [0.4, 0.5) is 0 Å². The van der Waals surface area contributed by atoms with E-state index < -0.39 is 0 Å². The number of hydrogen-bond donors (Lipinski definition) is 0. The maximum absolute atomic E-state index is 4.94. The van der Waals surface area contributed by atoms with Crippen molar-refractivity contribution in [2.24, 2.45) is 0 Å². The van der Waals surface area contributed by atoms with Crippen LogP contribution in [0, 0.1) is 31.1 Å². The quantitative estimate of drug-likeness (QED) is 0.408. The van der Waals surface area contributed by atoms with Gasteiger partial charge in [0.15, 0.2) is 0 Å². The van der Waals surface area contributed by atoms with Gasteiger partial charge < -0.3 is 0 Å². The van der Waals surface area contributed by atoms with Crippen LogP contribution in [0.3, 0.4) is 0 Å². The number of terminal acetylenes is 1. The molecular weight excluding hydrogens is 120 g/mol. The molecule has 0 saturated heterocycles. The van der Waals surface area contributed by atoms with E-state index in [1.54, 1.807) is 0 Å². The predicted molar refractivity (Wildman–Crippen MR) is 45.1 cm³/mol. The van der Waals surface area contributed by atoms with Crippen LogP contribution in [0.1, 0.15) is 32.1 Å². The van der Waals surface area contributed by atoms with Crippen molar-refractivity contribution in [3.8, 4) is 24.2 Å². The molecule has 0 unspecified atom stereocenters. The Morgan fingerprint density at radius 3 is 2.60 bits per heavy atom. The van der Waals surface area contributed by atoms with E-state index in [9.17, 15) is 0 Å². The van der Waals surface area contributed by atoms with E-state index in [4.69, 9.17) is 6.42 Å². The molecule has 0 N–H and O–H groups in total. The molecule has 0 amide bonds. The SMILES string of the molecule is C#CC#CCCCCC[CH2]. The van der Waals surface area contributed by atoms with E-state index in [-0.39, 0.29) is 0 Å². The summed E-state index contributed by atoms with van der Waals surface area (Å²) in [5.74, 6) is 7.76. The highest BCUT2D eigenvalue weighted by Crippen LogP contribution is 2.00. The highest BCUT2D eigenvalue weighted by atomic mass is 13.9. The molecule has 0 bridgehead atoms. The Kier molecular flexibility index (Phi) is 7.41. The van der Waals surface area contributed by atoms with E-state index in [0.717, 1.165) is 19.3 Å². The lowest BCUT2D eigenvalue weighted by Crippen LogP contribution is -1.73. The second kappa shape index (κ2) is 8.12. The van der Waals surface area contributed by atoms with Gasteiger partial charge in [-0.15, -0.1) is 6.42 Å². The van der Waals surface area contributed by atoms with Gasteiger partial charge in [-0.1, -0.05) is 32.1 Å². The van der Waals surface area contributed by atoms with E-state index in [1.165, 1.54) is 12.8 Å². The zero-order valence-corrected chi connectivity index (χ0v) is 6.32. The van der Waals surface area contributed by atoms with E-state index in [0.29, 0.717) is 0 Å². The minimum Gasteiger partial charge on any atom is -0.106 e. The highest BCUT2D eigenvalue weighted by Gasteiger charge is 1.82. The fourth-order valence-corrected chi connectivity index (χ4v) is 0.680. The summed E-state index contributed by atoms with van der Waals surface area (Å²) >= 11 is 0. The monoisotopic (exact) mass is 133 g/mol. The van der Waals surface area contributed by atoms with Gasteiger partial charge >= 0.3 is 0 Å². The van der Waals surface area contributed by atoms with Crippen molar-refractivity contribution < 1.29 is 0 Å². The van der Waals surface area contributed by atoms with Crippen molar-refractivity contribution in [2.45, 2.75) is 32.1 Å². The van der Waals surface area contributed by atoms with Crippen LogP contribution in [0.5, 0.6) is 0 Å². The van der Waals surface area contributed by atoms with Crippen molar-refractivity contribution in [1.82, 2.24) is 0 Å². The zero-order valence-electron chi connectivity index (χ0n) is 6.32. The molecule has 0 atom stereocenters. The second-order valence-electron chi connectivity index (χ2n) is 2.11. The molecule has 1 radical (unpaired) electrons. The standard InChI is InChI=1S/C10H13/c1-3-5-7-9-10-8-6-4-2/h1H,2,4,6,8-10H2. The maximum Gasteiger partial charge on any atom is 0.00989 e. The summed E-state index contributed by atoms with van der Waals surface area (Å²) in [6.07, 6.45) is 10.5. The first-order valence-corrected chi connectivity index (χ1v) is 3.64. The van der Waals surface area contributed by atoms with E-state index in [2.05, 4.69) is 24.7 Å². The lowest BCUT2D eigenvalue weighted by atomic mass is 10.2. The Labute approximate surface area is 64.0 Å². The third kappa shape index (κ3) is 7.12. The second-order valence-corrected chi connectivity index (χ2v) is 2.11. The largest absolute Gasteiger partial charge is 0.106 e. The summed E-state index contributed by atoms with van der Waals surface area (Å²) in [5.41, 5.74) is 0. The third-order valence-electron chi connectivity index (χ3n) is 1.21. The minimum atomic E-state index is 0.935. The molecule has 0 aromatic rings. The fraction of sp³-hybridized carbons (Fsp3) is 0.500. The molecule has 0 aliphatic heterocycles. The number of hydrogen-bond acceptors (Lipinski definition) is 0.